The molecule has 2 aromatic carbocycles. The van der Waals surface area contributed by atoms with Gasteiger partial charge < -0.3 is 25.6 Å². The summed E-state index contributed by atoms with van der Waals surface area (Å²) in [6.45, 7) is 0.767. The Balaban J connectivity index is 0.00000512. The summed E-state index contributed by atoms with van der Waals surface area (Å²) >= 11 is 0. The molecule has 7 nitrogen and oxygen atoms in total. The normalized spacial score (nSPS) is 11.5. The average Bonchev–Trinajstić information content (AvgIpc) is 2.67. The third-order valence-electron chi connectivity index (χ3n) is 4.00. The fourth-order valence-corrected chi connectivity index (χ4v) is 2.71. The predicted octanol–water partition coefficient (Wildman–Crippen LogP) is 3.57. The molecule has 0 heterocycles. The monoisotopic (exact) mass is 565 g/mol. The third-order valence-corrected chi connectivity index (χ3v) is 4.00. The molecule has 0 fully saturated rings. The second kappa shape index (κ2) is 13.1. The third kappa shape index (κ3) is 10.2. The molecule has 0 radical (unpaired) electrons. The van der Waals surface area contributed by atoms with Gasteiger partial charge in [-0.25, -0.2) is 0 Å². The molecule has 176 valence electrons. The minimum atomic E-state index is -4.76. The van der Waals surface area contributed by atoms with Crippen molar-refractivity contribution in [3.05, 3.63) is 59.7 Å². The smallest absolute Gasteiger partial charge is 0.405 e. The van der Waals surface area contributed by atoms with Gasteiger partial charge in [-0.3, -0.25) is 9.79 Å². The number of anilines is 1. The van der Waals surface area contributed by atoms with Gasteiger partial charge in [-0.15, -0.1) is 37.1 Å². The van der Waals surface area contributed by atoms with Crippen LogP contribution in [0.5, 0.6) is 5.75 Å². The molecule has 0 aliphatic carbocycles. The summed E-state index contributed by atoms with van der Waals surface area (Å²) in [7, 11) is 5.18. The van der Waals surface area contributed by atoms with E-state index in [-0.39, 0.29) is 48.7 Å². The summed E-state index contributed by atoms with van der Waals surface area (Å²) in [6.07, 6.45) is -4.76. The molecule has 11 heteroatoms. The zero-order valence-electron chi connectivity index (χ0n) is 18.0. The highest BCUT2D eigenvalue weighted by Crippen LogP contribution is 2.26. The number of aliphatic imine (C=N–C) groups is 1. The van der Waals surface area contributed by atoms with E-state index in [9.17, 15) is 18.0 Å². The second-order valence-electron chi connectivity index (χ2n) is 6.92. The summed E-state index contributed by atoms with van der Waals surface area (Å²) in [4.78, 5) is 17.8. The number of hydrogen-bond donors (Lipinski definition) is 3. The van der Waals surface area contributed by atoms with Gasteiger partial charge in [0, 0.05) is 31.4 Å². The number of ether oxygens (including phenoxy) is 1. The van der Waals surface area contributed by atoms with Crippen molar-refractivity contribution < 1.29 is 22.7 Å². The Kier molecular flexibility index (Phi) is 11.3. The van der Waals surface area contributed by atoms with Crippen LogP contribution < -0.4 is 20.7 Å². The number of likely N-dealkylation sites (N-methyl/N-ethyl adjacent to an activating group) is 1. The van der Waals surface area contributed by atoms with E-state index in [0.29, 0.717) is 23.8 Å². The van der Waals surface area contributed by atoms with Crippen molar-refractivity contribution in [2.75, 3.05) is 33.0 Å². The van der Waals surface area contributed by atoms with Crippen LogP contribution >= 0.6 is 24.0 Å². The van der Waals surface area contributed by atoms with Gasteiger partial charge in [-0.2, -0.15) is 0 Å². The quantitative estimate of drug-likeness (QED) is 0.259. The molecule has 1 amide bonds. The van der Waals surface area contributed by atoms with Crippen LogP contribution in [-0.2, 0) is 17.9 Å². The number of para-hydroxylation sites is 1. The molecule has 3 N–H and O–H groups in total. The topological polar surface area (TPSA) is 78.0 Å². The molecule has 0 aliphatic rings. The summed E-state index contributed by atoms with van der Waals surface area (Å²) in [6, 6.07) is 13.2. The molecule has 0 spiro atoms. The van der Waals surface area contributed by atoms with E-state index in [4.69, 9.17) is 0 Å². The zero-order valence-corrected chi connectivity index (χ0v) is 20.3. The molecule has 0 aromatic heterocycles. The van der Waals surface area contributed by atoms with Gasteiger partial charge in [0.05, 0.1) is 6.54 Å². The molecule has 0 saturated heterocycles. The van der Waals surface area contributed by atoms with E-state index in [1.165, 1.54) is 12.1 Å². The van der Waals surface area contributed by atoms with E-state index in [2.05, 4.69) is 25.7 Å². The summed E-state index contributed by atoms with van der Waals surface area (Å²) in [5.74, 6) is 0.0234. The van der Waals surface area contributed by atoms with Crippen LogP contribution in [0.3, 0.4) is 0 Å². The molecule has 32 heavy (non-hydrogen) atoms. The minimum Gasteiger partial charge on any atom is -0.405 e. The first-order valence-electron chi connectivity index (χ1n) is 9.48. The molecule has 0 bridgehead atoms. The Bertz CT molecular complexity index is 907. The molecule has 0 unspecified atom stereocenters. The van der Waals surface area contributed by atoms with Gasteiger partial charge in [0.2, 0.25) is 5.91 Å². The van der Waals surface area contributed by atoms with Gasteiger partial charge in [0.15, 0.2) is 5.96 Å². The van der Waals surface area contributed by atoms with Gasteiger partial charge in [-0.05, 0) is 37.9 Å². The highest BCUT2D eigenvalue weighted by Gasteiger charge is 2.31. The van der Waals surface area contributed by atoms with Crippen molar-refractivity contribution in [3.8, 4) is 5.75 Å². The fraction of sp³-hybridized carbons (Fsp3) is 0.333. The number of rotatable bonds is 8. The van der Waals surface area contributed by atoms with Crippen LogP contribution in [0.25, 0.3) is 0 Å². The van der Waals surface area contributed by atoms with E-state index >= 15 is 0 Å². The number of benzene rings is 2. The van der Waals surface area contributed by atoms with E-state index in [1.807, 2.05) is 32.3 Å². The summed E-state index contributed by atoms with van der Waals surface area (Å²) in [5, 5.41) is 8.88. The zero-order chi connectivity index (χ0) is 22.9. The molecule has 0 atom stereocenters. The van der Waals surface area contributed by atoms with E-state index in [0.717, 1.165) is 5.56 Å². The number of alkyl halides is 3. The summed E-state index contributed by atoms with van der Waals surface area (Å²) < 4.78 is 41.7. The van der Waals surface area contributed by atoms with Gasteiger partial charge in [0.25, 0.3) is 0 Å². The highest BCUT2D eigenvalue weighted by atomic mass is 127. The molecule has 0 saturated carbocycles. The summed E-state index contributed by atoms with van der Waals surface area (Å²) in [5.41, 5.74) is 1.91. The van der Waals surface area contributed by atoms with Crippen molar-refractivity contribution >= 4 is 41.5 Å². The number of guanidine groups is 1. The number of nitrogens with one attached hydrogen (secondary N) is 3. The molecular formula is C21H27F3IN5O2. The number of carbonyl (C=O) groups is 1. The maximum atomic E-state index is 12.6. The van der Waals surface area contributed by atoms with Crippen LogP contribution in [0.1, 0.15) is 11.1 Å². The largest absolute Gasteiger partial charge is 0.573 e. The fourth-order valence-electron chi connectivity index (χ4n) is 2.71. The van der Waals surface area contributed by atoms with Crippen LogP contribution in [0.15, 0.2) is 53.5 Å². The Hall–Kier alpha value is -2.54. The highest BCUT2D eigenvalue weighted by molar-refractivity contribution is 14.0. The Morgan fingerprint density at radius 1 is 1.06 bits per heavy atom. The first kappa shape index (κ1) is 27.5. The van der Waals surface area contributed by atoms with Crippen molar-refractivity contribution in [3.63, 3.8) is 0 Å². The first-order chi connectivity index (χ1) is 14.7. The second-order valence-corrected chi connectivity index (χ2v) is 6.92. The van der Waals surface area contributed by atoms with Gasteiger partial charge in [0.1, 0.15) is 5.75 Å². The van der Waals surface area contributed by atoms with Crippen molar-refractivity contribution in [2.45, 2.75) is 19.5 Å². The van der Waals surface area contributed by atoms with Crippen LogP contribution in [0, 0.1) is 0 Å². The van der Waals surface area contributed by atoms with Crippen LogP contribution in [0.2, 0.25) is 0 Å². The van der Waals surface area contributed by atoms with Gasteiger partial charge >= 0.3 is 6.36 Å². The molecule has 0 aliphatic heterocycles. The SMILES string of the molecule is CN=C(NCc1cccc(NC(=O)CN(C)C)c1)NCc1ccccc1OC(F)(F)F.I. The molecule has 2 aromatic rings. The van der Waals surface area contributed by atoms with Gasteiger partial charge in [-0.1, -0.05) is 30.3 Å². The number of amides is 1. The Morgan fingerprint density at radius 2 is 1.75 bits per heavy atom. The molecule has 2 rings (SSSR count). The van der Waals surface area contributed by atoms with Crippen LogP contribution in [0.4, 0.5) is 18.9 Å². The lowest BCUT2D eigenvalue weighted by Crippen LogP contribution is -2.36. The number of carbonyl (C=O) groups excluding carboxylic acids is 1. The van der Waals surface area contributed by atoms with E-state index < -0.39 is 6.36 Å². The lowest BCUT2D eigenvalue weighted by atomic mass is 10.2. The van der Waals surface area contributed by atoms with Crippen molar-refractivity contribution in [1.29, 1.82) is 0 Å². The number of nitrogens with zero attached hydrogens (tertiary/aromatic N) is 2. The molecular weight excluding hydrogens is 538 g/mol. The lowest BCUT2D eigenvalue weighted by Gasteiger charge is -2.16. The first-order valence-corrected chi connectivity index (χ1v) is 9.48. The van der Waals surface area contributed by atoms with Crippen molar-refractivity contribution in [1.82, 2.24) is 15.5 Å². The predicted molar refractivity (Wildman–Crippen MR) is 129 cm³/mol. The average molecular weight is 565 g/mol. The van der Waals surface area contributed by atoms with E-state index in [1.54, 1.807) is 30.1 Å². The lowest BCUT2D eigenvalue weighted by molar-refractivity contribution is -0.274. The van der Waals surface area contributed by atoms with Crippen molar-refractivity contribution in [2.24, 2.45) is 4.99 Å². The Labute approximate surface area is 202 Å². The van der Waals surface area contributed by atoms with Crippen LogP contribution in [-0.4, -0.2) is 50.8 Å². The maximum absolute atomic E-state index is 12.6. The standard InChI is InChI=1S/C21H26F3N5O2.HI/c1-25-20(27-13-16-8-4-5-10-18(16)31-21(22,23)24)26-12-15-7-6-9-17(11-15)28-19(30)14-29(2)3;/h4-11H,12-14H2,1-3H3,(H,28,30)(H2,25,26,27);1H. The maximum Gasteiger partial charge on any atom is 0.573 e. The number of hydrogen-bond acceptors (Lipinski definition) is 4. The Morgan fingerprint density at radius 3 is 2.41 bits per heavy atom. The number of halogens is 4. The minimum absolute atomic E-state index is 0.